The van der Waals surface area contributed by atoms with Crippen LogP contribution in [0.5, 0.6) is 0 Å². The van der Waals surface area contributed by atoms with Crippen LogP contribution in [-0.4, -0.2) is 40.0 Å². The molecule has 4 nitrogen and oxygen atoms in total. The van der Waals surface area contributed by atoms with Crippen molar-refractivity contribution in [2.45, 2.75) is 25.8 Å². The molecule has 1 aromatic heterocycles. The van der Waals surface area contributed by atoms with E-state index in [9.17, 15) is 13.6 Å². The van der Waals surface area contributed by atoms with Gasteiger partial charge in [0.25, 0.3) is 5.92 Å². The molecule has 2 aromatic rings. The largest absolute Gasteiger partial charge is 0.481 e. The molecule has 2 heterocycles. The molecular formula is C16H18F2N2O2. The fourth-order valence-electron chi connectivity index (χ4n) is 3.17. The van der Waals surface area contributed by atoms with Crippen LogP contribution in [-0.2, 0) is 11.3 Å². The molecule has 2 N–H and O–H groups in total. The van der Waals surface area contributed by atoms with Gasteiger partial charge >= 0.3 is 5.97 Å². The molecule has 118 valence electrons. The number of aromatic amines is 1. The predicted molar refractivity (Wildman–Crippen MR) is 79.0 cm³/mol. The van der Waals surface area contributed by atoms with E-state index in [0.29, 0.717) is 6.54 Å². The van der Waals surface area contributed by atoms with Crippen molar-refractivity contribution in [3.8, 4) is 0 Å². The van der Waals surface area contributed by atoms with E-state index in [-0.39, 0.29) is 6.54 Å². The number of benzene rings is 1. The Hall–Kier alpha value is -1.95. The van der Waals surface area contributed by atoms with Crippen LogP contribution in [0.1, 0.15) is 17.7 Å². The molecule has 0 radical (unpaired) electrons. The summed E-state index contributed by atoms with van der Waals surface area (Å²) in [4.78, 5) is 15.8. The Morgan fingerprint density at radius 1 is 1.50 bits per heavy atom. The van der Waals surface area contributed by atoms with E-state index in [2.05, 4.69) is 4.98 Å². The topological polar surface area (TPSA) is 56.3 Å². The third-order valence-corrected chi connectivity index (χ3v) is 4.16. The van der Waals surface area contributed by atoms with Gasteiger partial charge in [-0.1, -0.05) is 12.1 Å². The Labute approximate surface area is 126 Å². The number of aromatic nitrogens is 1. The molecule has 0 bridgehead atoms. The summed E-state index contributed by atoms with van der Waals surface area (Å²) in [6, 6.07) is 7.83. The van der Waals surface area contributed by atoms with Crippen LogP contribution in [0.3, 0.4) is 0 Å². The van der Waals surface area contributed by atoms with Gasteiger partial charge in [0.1, 0.15) is 0 Å². The predicted octanol–water partition coefficient (Wildman–Crippen LogP) is 3.02. The number of aryl methyl sites for hydroxylation is 1. The molecule has 6 heteroatoms. The number of likely N-dealkylation sites (tertiary alicyclic amines) is 1. The van der Waals surface area contributed by atoms with Gasteiger partial charge in [-0.25, -0.2) is 8.78 Å². The maximum Gasteiger partial charge on any atom is 0.308 e. The van der Waals surface area contributed by atoms with Crippen LogP contribution < -0.4 is 0 Å². The van der Waals surface area contributed by atoms with Crippen molar-refractivity contribution >= 4 is 16.9 Å². The Bertz CT molecular complexity index is 711. The number of rotatable bonds is 3. The highest BCUT2D eigenvalue weighted by atomic mass is 19.3. The van der Waals surface area contributed by atoms with Crippen LogP contribution in [0.25, 0.3) is 10.9 Å². The second-order valence-corrected chi connectivity index (χ2v) is 6.10. The van der Waals surface area contributed by atoms with E-state index in [4.69, 9.17) is 5.11 Å². The Balaban J connectivity index is 1.81. The minimum absolute atomic E-state index is 0.152. The molecule has 0 saturated carbocycles. The van der Waals surface area contributed by atoms with E-state index in [1.807, 2.05) is 31.2 Å². The zero-order valence-electron chi connectivity index (χ0n) is 12.3. The van der Waals surface area contributed by atoms with Crippen molar-refractivity contribution in [2.24, 2.45) is 5.92 Å². The summed E-state index contributed by atoms with van der Waals surface area (Å²) in [5.41, 5.74) is 2.91. The van der Waals surface area contributed by atoms with E-state index in [1.54, 1.807) is 0 Å². The lowest BCUT2D eigenvalue weighted by Gasteiger charge is -2.35. The molecule has 1 aliphatic rings. The van der Waals surface area contributed by atoms with Crippen molar-refractivity contribution < 1.29 is 18.7 Å². The lowest BCUT2D eigenvalue weighted by molar-refractivity contribution is -0.153. The summed E-state index contributed by atoms with van der Waals surface area (Å²) in [7, 11) is 0. The number of halogens is 2. The summed E-state index contributed by atoms with van der Waals surface area (Å²) >= 11 is 0. The van der Waals surface area contributed by atoms with E-state index < -0.39 is 30.8 Å². The Morgan fingerprint density at radius 2 is 2.27 bits per heavy atom. The highest BCUT2D eigenvalue weighted by Gasteiger charge is 2.42. The van der Waals surface area contributed by atoms with Gasteiger partial charge in [-0.05, 0) is 24.6 Å². The van der Waals surface area contributed by atoms with Crippen molar-refractivity contribution in [2.75, 3.05) is 13.1 Å². The van der Waals surface area contributed by atoms with Gasteiger partial charge in [-0.3, -0.25) is 9.69 Å². The van der Waals surface area contributed by atoms with Crippen LogP contribution >= 0.6 is 0 Å². The molecule has 1 unspecified atom stereocenters. The molecule has 0 amide bonds. The number of aliphatic carboxylic acids is 1. The molecule has 0 spiro atoms. The molecular weight excluding hydrogens is 290 g/mol. The fourth-order valence-corrected chi connectivity index (χ4v) is 3.17. The summed E-state index contributed by atoms with van der Waals surface area (Å²) in [5, 5.41) is 10.1. The molecule has 1 aliphatic heterocycles. The van der Waals surface area contributed by atoms with E-state index in [1.165, 1.54) is 4.90 Å². The summed E-state index contributed by atoms with van der Waals surface area (Å²) in [6.07, 6.45) is -0.579. The summed E-state index contributed by atoms with van der Waals surface area (Å²) < 4.78 is 27.4. The highest BCUT2D eigenvalue weighted by molar-refractivity contribution is 5.83. The molecule has 1 saturated heterocycles. The van der Waals surface area contributed by atoms with Crippen molar-refractivity contribution in [3.63, 3.8) is 0 Å². The molecule has 0 aliphatic carbocycles. The lowest BCUT2D eigenvalue weighted by atomic mass is 9.95. The number of carboxylic acid groups (broad SMARTS) is 1. The maximum atomic E-state index is 13.7. The van der Waals surface area contributed by atoms with Crippen molar-refractivity contribution in [1.82, 2.24) is 9.88 Å². The Morgan fingerprint density at radius 3 is 2.95 bits per heavy atom. The first-order valence-electron chi connectivity index (χ1n) is 7.24. The van der Waals surface area contributed by atoms with Gasteiger partial charge < -0.3 is 10.1 Å². The van der Waals surface area contributed by atoms with Gasteiger partial charge in [-0.15, -0.1) is 0 Å². The van der Waals surface area contributed by atoms with Crippen molar-refractivity contribution in [3.05, 3.63) is 35.5 Å². The number of nitrogens with zero attached hydrogens (tertiary/aromatic N) is 1. The van der Waals surface area contributed by atoms with Gasteiger partial charge in [0, 0.05) is 36.1 Å². The number of nitrogens with one attached hydrogen (secondary N) is 1. The number of carbonyl (C=O) groups is 1. The molecule has 1 aromatic carbocycles. The first-order chi connectivity index (χ1) is 10.3. The average molecular weight is 308 g/mol. The smallest absolute Gasteiger partial charge is 0.308 e. The van der Waals surface area contributed by atoms with E-state index in [0.717, 1.165) is 22.2 Å². The quantitative estimate of drug-likeness (QED) is 0.916. The number of carboxylic acids is 1. The SMILES string of the molecule is Cc1cccc2[nH]c(CN3CC(C(=O)O)CC(F)(F)C3)cc12. The zero-order valence-corrected chi connectivity index (χ0v) is 12.3. The van der Waals surface area contributed by atoms with Gasteiger partial charge in [0.05, 0.1) is 12.5 Å². The number of alkyl halides is 2. The summed E-state index contributed by atoms with van der Waals surface area (Å²) in [5.74, 6) is -5.13. The zero-order chi connectivity index (χ0) is 15.9. The van der Waals surface area contributed by atoms with Crippen LogP contribution in [0.15, 0.2) is 24.3 Å². The highest BCUT2D eigenvalue weighted by Crippen LogP contribution is 2.31. The molecule has 1 fully saturated rings. The maximum absolute atomic E-state index is 13.7. The number of piperidine rings is 1. The minimum atomic E-state index is -2.96. The van der Waals surface area contributed by atoms with Crippen LogP contribution in [0.2, 0.25) is 0 Å². The van der Waals surface area contributed by atoms with Gasteiger partial charge in [-0.2, -0.15) is 0 Å². The second kappa shape index (κ2) is 5.35. The van der Waals surface area contributed by atoms with Crippen LogP contribution in [0.4, 0.5) is 8.78 Å². The minimum Gasteiger partial charge on any atom is -0.481 e. The molecule has 22 heavy (non-hydrogen) atoms. The standard InChI is InChI=1S/C16H18F2N2O2/c1-10-3-2-4-14-13(10)5-12(19-14)8-20-7-11(15(21)22)6-16(17,18)9-20/h2-5,11,19H,6-9H2,1H3,(H,21,22). The average Bonchev–Trinajstić information content (AvgIpc) is 2.80. The first-order valence-corrected chi connectivity index (χ1v) is 7.24. The third kappa shape index (κ3) is 2.97. The number of hydrogen-bond acceptors (Lipinski definition) is 2. The van der Waals surface area contributed by atoms with Crippen LogP contribution in [0, 0.1) is 12.8 Å². The first kappa shape index (κ1) is 15.0. The normalized spacial score (nSPS) is 22.0. The third-order valence-electron chi connectivity index (χ3n) is 4.16. The van der Waals surface area contributed by atoms with Gasteiger partial charge in [0.15, 0.2) is 0 Å². The number of H-pyrrole nitrogens is 1. The van der Waals surface area contributed by atoms with Gasteiger partial charge in [0.2, 0.25) is 0 Å². The number of hydrogen-bond donors (Lipinski definition) is 2. The lowest BCUT2D eigenvalue weighted by Crippen LogP contribution is -2.48. The second-order valence-electron chi connectivity index (χ2n) is 6.10. The number of fused-ring (bicyclic) bond motifs is 1. The fraction of sp³-hybridized carbons (Fsp3) is 0.438. The monoisotopic (exact) mass is 308 g/mol. The molecule has 1 atom stereocenters. The molecule has 3 rings (SSSR count). The van der Waals surface area contributed by atoms with Crippen molar-refractivity contribution in [1.29, 1.82) is 0 Å². The van der Waals surface area contributed by atoms with E-state index >= 15 is 0 Å². The summed E-state index contributed by atoms with van der Waals surface area (Å²) in [6.45, 7) is 2.05. The Kier molecular flexibility index (Phi) is 3.64.